The molecule has 1 aromatic heterocycles. The summed E-state index contributed by atoms with van der Waals surface area (Å²) in [4.78, 5) is 15.4. The zero-order chi connectivity index (χ0) is 26.3. The number of rotatable bonds is 5. The first kappa shape index (κ1) is 25.4. The number of aryl methyl sites for hydroxylation is 4. The van der Waals surface area contributed by atoms with Gasteiger partial charge in [-0.3, -0.25) is 4.79 Å². The number of benzene rings is 2. The molecule has 194 valence electrons. The Balaban J connectivity index is 1.39. The first-order valence-corrected chi connectivity index (χ1v) is 14.2. The van der Waals surface area contributed by atoms with Crippen LogP contribution in [0, 0.1) is 33.6 Å². The number of amides is 1. The first-order valence-electron chi connectivity index (χ1n) is 12.8. The van der Waals surface area contributed by atoms with E-state index in [0.29, 0.717) is 31.6 Å². The summed E-state index contributed by atoms with van der Waals surface area (Å²) in [5, 5.41) is 3.98. The van der Waals surface area contributed by atoms with Crippen LogP contribution < -0.4 is 4.90 Å². The lowest BCUT2D eigenvalue weighted by Gasteiger charge is -2.33. The third-order valence-corrected chi connectivity index (χ3v) is 9.48. The number of nitrogens with zero attached hydrogens (tertiary/aromatic N) is 3. The predicted octanol–water partition coefficient (Wildman–Crippen LogP) is 5.07. The van der Waals surface area contributed by atoms with Gasteiger partial charge in [-0.25, -0.2) is 8.42 Å². The Kier molecular flexibility index (Phi) is 6.81. The molecule has 1 amide bonds. The molecular weight excluding hydrogens is 486 g/mol. The maximum Gasteiger partial charge on any atom is 0.248 e. The average Bonchev–Trinajstić information content (AvgIpc) is 3.47. The van der Waals surface area contributed by atoms with Gasteiger partial charge in [0.25, 0.3) is 0 Å². The molecule has 8 heteroatoms. The van der Waals surface area contributed by atoms with Crippen molar-refractivity contribution >= 4 is 33.8 Å². The Morgan fingerprint density at radius 1 is 1.05 bits per heavy atom. The average molecular weight is 520 g/mol. The van der Waals surface area contributed by atoms with Gasteiger partial charge in [0.05, 0.1) is 5.92 Å². The summed E-state index contributed by atoms with van der Waals surface area (Å²) in [6.07, 6.45) is 5.70. The molecule has 37 heavy (non-hydrogen) atoms. The van der Waals surface area contributed by atoms with Gasteiger partial charge in [0.1, 0.15) is 5.69 Å². The molecule has 2 aliphatic heterocycles. The minimum atomic E-state index is -3.91. The van der Waals surface area contributed by atoms with E-state index in [9.17, 15) is 13.2 Å². The molecule has 1 atom stereocenters. The second-order valence-corrected chi connectivity index (χ2v) is 12.1. The van der Waals surface area contributed by atoms with Crippen molar-refractivity contribution in [3.63, 3.8) is 0 Å². The summed E-state index contributed by atoms with van der Waals surface area (Å²) in [6, 6.07) is 12.1. The summed E-state index contributed by atoms with van der Waals surface area (Å²) >= 11 is 0. The van der Waals surface area contributed by atoms with Crippen LogP contribution in [0.3, 0.4) is 0 Å². The third-order valence-electron chi connectivity index (χ3n) is 7.46. The van der Waals surface area contributed by atoms with Crippen molar-refractivity contribution in [1.82, 2.24) is 9.46 Å². The molecule has 5 rings (SSSR count). The lowest BCUT2D eigenvalue weighted by atomic mass is 9.98. The molecule has 0 radical (unpaired) electrons. The molecule has 3 heterocycles. The highest BCUT2D eigenvalue weighted by Gasteiger charge is 2.39. The number of carbonyl (C=O) groups is 1. The van der Waals surface area contributed by atoms with Crippen molar-refractivity contribution in [2.45, 2.75) is 51.9 Å². The molecule has 2 aliphatic rings. The zero-order valence-electron chi connectivity index (χ0n) is 21.8. The number of sulfonamides is 1. The number of fused-ring (bicyclic) bond motifs is 1. The van der Waals surface area contributed by atoms with Crippen LogP contribution in [0.1, 0.15) is 52.1 Å². The van der Waals surface area contributed by atoms with Crippen molar-refractivity contribution < 1.29 is 17.7 Å². The highest BCUT2D eigenvalue weighted by atomic mass is 32.2. The Morgan fingerprint density at radius 3 is 2.54 bits per heavy atom. The molecule has 0 bridgehead atoms. The SMILES string of the molecule is Cc1cc(C)c(/C=C/c2onc(C)c2S(=O)(=O)N2CCCC(C(=O)N3CCc4ccccc43)C2)c(C)c1. The molecule has 2 aromatic carbocycles. The number of hydrogen-bond acceptors (Lipinski definition) is 5. The zero-order valence-corrected chi connectivity index (χ0v) is 22.6. The fourth-order valence-electron chi connectivity index (χ4n) is 5.69. The number of aromatic nitrogens is 1. The lowest BCUT2D eigenvalue weighted by molar-refractivity contribution is -0.123. The van der Waals surface area contributed by atoms with E-state index in [2.05, 4.69) is 24.2 Å². The van der Waals surface area contributed by atoms with Crippen LogP contribution >= 0.6 is 0 Å². The molecule has 7 nitrogen and oxygen atoms in total. The minimum Gasteiger partial charge on any atom is -0.355 e. The maximum absolute atomic E-state index is 13.8. The molecule has 1 unspecified atom stereocenters. The highest BCUT2D eigenvalue weighted by Crippen LogP contribution is 2.33. The first-order chi connectivity index (χ1) is 17.7. The highest BCUT2D eigenvalue weighted by molar-refractivity contribution is 7.89. The van der Waals surface area contributed by atoms with Crippen LogP contribution in [0.25, 0.3) is 12.2 Å². The van der Waals surface area contributed by atoms with Gasteiger partial charge in [0, 0.05) is 25.3 Å². The second kappa shape index (κ2) is 9.91. The quantitative estimate of drug-likeness (QED) is 0.470. The Hall–Kier alpha value is -3.23. The Labute approximate surface area is 218 Å². The van der Waals surface area contributed by atoms with E-state index in [4.69, 9.17) is 4.52 Å². The van der Waals surface area contributed by atoms with Crippen LogP contribution in [-0.4, -0.2) is 43.4 Å². The molecule has 0 N–H and O–H groups in total. The van der Waals surface area contributed by atoms with Crippen molar-refractivity contribution in [1.29, 1.82) is 0 Å². The van der Waals surface area contributed by atoms with Gasteiger partial charge in [0.2, 0.25) is 15.9 Å². The van der Waals surface area contributed by atoms with Crippen LogP contribution in [0.15, 0.2) is 45.8 Å². The fourth-order valence-corrected chi connectivity index (χ4v) is 7.46. The molecule has 0 saturated carbocycles. The number of para-hydroxylation sites is 1. The molecule has 3 aromatic rings. The van der Waals surface area contributed by atoms with E-state index >= 15 is 0 Å². The summed E-state index contributed by atoms with van der Waals surface area (Å²) in [6.45, 7) is 8.93. The minimum absolute atomic E-state index is 0.00247. The van der Waals surface area contributed by atoms with Gasteiger partial charge in [-0.15, -0.1) is 0 Å². The van der Waals surface area contributed by atoms with E-state index in [-0.39, 0.29) is 29.0 Å². The number of carbonyl (C=O) groups excluding carboxylic acids is 1. The van der Waals surface area contributed by atoms with E-state index < -0.39 is 10.0 Å². The normalized spacial score (nSPS) is 18.5. The topological polar surface area (TPSA) is 83.7 Å². The summed E-state index contributed by atoms with van der Waals surface area (Å²) in [5.74, 6) is -0.178. The van der Waals surface area contributed by atoms with Gasteiger partial charge in [-0.2, -0.15) is 4.31 Å². The number of piperidine rings is 1. The maximum atomic E-state index is 13.8. The monoisotopic (exact) mass is 519 g/mol. The summed E-state index contributed by atoms with van der Waals surface area (Å²) < 4.78 is 34.6. The lowest BCUT2D eigenvalue weighted by Crippen LogP contribution is -2.46. The predicted molar refractivity (Wildman–Crippen MR) is 145 cm³/mol. The Bertz CT molecular complexity index is 1470. The van der Waals surface area contributed by atoms with Crippen molar-refractivity contribution in [2.75, 3.05) is 24.5 Å². The van der Waals surface area contributed by atoms with Gasteiger partial charge in [0.15, 0.2) is 10.7 Å². The van der Waals surface area contributed by atoms with Crippen molar-refractivity contribution in [3.05, 3.63) is 75.7 Å². The smallest absolute Gasteiger partial charge is 0.248 e. The molecular formula is C29H33N3O4S. The van der Waals surface area contributed by atoms with Crippen molar-refractivity contribution in [2.24, 2.45) is 5.92 Å². The van der Waals surface area contributed by atoms with Crippen LogP contribution in [0.2, 0.25) is 0 Å². The van der Waals surface area contributed by atoms with Crippen LogP contribution in [0.4, 0.5) is 5.69 Å². The number of hydrogen-bond donors (Lipinski definition) is 0. The van der Waals surface area contributed by atoms with E-state index in [0.717, 1.165) is 34.4 Å². The molecule has 1 fully saturated rings. The molecule has 0 aliphatic carbocycles. The number of anilines is 1. The van der Waals surface area contributed by atoms with Crippen molar-refractivity contribution in [3.8, 4) is 0 Å². The summed E-state index contributed by atoms with van der Waals surface area (Å²) in [7, 11) is -3.91. The fraction of sp³-hybridized carbons (Fsp3) is 0.379. The molecule has 1 saturated heterocycles. The second-order valence-electron chi connectivity index (χ2n) is 10.2. The van der Waals surface area contributed by atoms with Crippen LogP contribution in [0.5, 0.6) is 0 Å². The van der Waals surface area contributed by atoms with E-state index in [1.165, 1.54) is 9.87 Å². The van der Waals surface area contributed by atoms with Gasteiger partial charge in [-0.1, -0.05) is 47.1 Å². The summed E-state index contributed by atoms with van der Waals surface area (Å²) in [5.41, 5.74) is 6.84. The third kappa shape index (κ3) is 4.76. The largest absolute Gasteiger partial charge is 0.355 e. The van der Waals surface area contributed by atoms with E-state index in [1.54, 1.807) is 13.0 Å². The van der Waals surface area contributed by atoms with Gasteiger partial charge >= 0.3 is 0 Å². The van der Waals surface area contributed by atoms with Gasteiger partial charge < -0.3 is 9.42 Å². The molecule has 0 spiro atoms. The van der Waals surface area contributed by atoms with E-state index in [1.807, 2.05) is 49.1 Å². The van der Waals surface area contributed by atoms with Gasteiger partial charge in [-0.05, 0) is 81.4 Å². The van der Waals surface area contributed by atoms with Crippen LogP contribution in [-0.2, 0) is 21.2 Å². The standard InChI is InChI=1S/C29H33N3O4S/c1-19-16-20(2)25(21(3)17-19)11-12-27-28(22(4)30-36-27)37(34,35)31-14-7-9-24(18-31)29(33)32-15-13-23-8-5-6-10-26(23)32/h5-6,8,10-12,16-17,24H,7,9,13-15,18H2,1-4H3/b12-11+. The Morgan fingerprint density at radius 2 is 1.78 bits per heavy atom.